The van der Waals surface area contributed by atoms with Gasteiger partial charge in [0.2, 0.25) is 0 Å². The first-order valence-electron chi connectivity index (χ1n) is 9.87. The van der Waals surface area contributed by atoms with Gasteiger partial charge in [-0.1, -0.05) is 28.1 Å². The number of nitrogens with zero attached hydrogens (tertiary/aromatic N) is 4. The summed E-state index contributed by atoms with van der Waals surface area (Å²) in [4.78, 5) is 42.2. The van der Waals surface area contributed by atoms with Gasteiger partial charge in [-0.3, -0.25) is 18.7 Å². The summed E-state index contributed by atoms with van der Waals surface area (Å²) in [5.74, 6) is 0.393. The molecule has 2 heterocycles. The Morgan fingerprint density at radius 3 is 2.65 bits per heavy atom. The van der Waals surface area contributed by atoms with Crippen LogP contribution in [0.1, 0.15) is 24.7 Å². The summed E-state index contributed by atoms with van der Waals surface area (Å²) in [6.07, 6.45) is 2.84. The Morgan fingerprint density at radius 1 is 1.26 bits per heavy atom. The van der Waals surface area contributed by atoms with Gasteiger partial charge in [-0.2, -0.15) is 11.8 Å². The second-order valence-electron chi connectivity index (χ2n) is 7.14. The van der Waals surface area contributed by atoms with Crippen LogP contribution in [-0.2, 0) is 36.6 Å². The van der Waals surface area contributed by atoms with Crippen LogP contribution in [0.5, 0.6) is 0 Å². The predicted octanol–water partition coefficient (Wildman–Crippen LogP) is 2.47. The number of benzene rings is 1. The standard InChI is InChI=1S/C21H25BrN4O4S/c1-5-30-20(28)15(31-4)9-10-16-23-18-17(19(27)25(3)21(29)24(18)2)26(16)12-13-7-6-8-14(22)11-13/h6-8,11,15H,5,9-10,12H2,1-4H3. The highest BCUT2D eigenvalue weighted by molar-refractivity contribution is 9.10. The molecule has 31 heavy (non-hydrogen) atoms. The van der Waals surface area contributed by atoms with E-state index in [1.807, 2.05) is 35.1 Å². The smallest absolute Gasteiger partial charge is 0.332 e. The van der Waals surface area contributed by atoms with Crippen molar-refractivity contribution in [2.45, 2.75) is 31.6 Å². The second-order valence-corrected chi connectivity index (χ2v) is 9.09. The quantitative estimate of drug-likeness (QED) is 0.434. The van der Waals surface area contributed by atoms with Gasteiger partial charge in [-0.25, -0.2) is 9.78 Å². The minimum Gasteiger partial charge on any atom is -0.465 e. The highest BCUT2D eigenvalue weighted by Crippen LogP contribution is 2.21. The minimum atomic E-state index is -0.426. The number of ether oxygens (including phenoxy) is 1. The van der Waals surface area contributed by atoms with Crippen molar-refractivity contribution in [2.75, 3.05) is 12.9 Å². The Labute approximate surface area is 192 Å². The van der Waals surface area contributed by atoms with Gasteiger partial charge in [-0.15, -0.1) is 0 Å². The van der Waals surface area contributed by atoms with Gasteiger partial charge in [0.1, 0.15) is 11.1 Å². The summed E-state index contributed by atoms with van der Waals surface area (Å²) >= 11 is 4.91. The molecular formula is C21H25BrN4O4S. The van der Waals surface area contributed by atoms with Crippen LogP contribution in [0.3, 0.4) is 0 Å². The number of thioether (sulfide) groups is 1. The Balaban J connectivity index is 2.10. The largest absolute Gasteiger partial charge is 0.465 e. The summed E-state index contributed by atoms with van der Waals surface area (Å²) < 4.78 is 10.4. The maximum atomic E-state index is 13.0. The van der Waals surface area contributed by atoms with Gasteiger partial charge in [-0.05, 0) is 37.3 Å². The van der Waals surface area contributed by atoms with E-state index in [4.69, 9.17) is 4.74 Å². The number of carbonyl (C=O) groups is 1. The fourth-order valence-corrected chi connectivity index (χ4v) is 4.56. The predicted molar refractivity (Wildman–Crippen MR) is 126 cm³/mol. The first kappa shape index (κ1) is 23.3. The van der Waals surface area contributed by atoms with Gasteiger partial charge < -0.3 is 9.30 Å². The molecule has 1 atom stereocenters. The van der Waals surface area contributed by atoms with Crippen molar-refractivity contribution in [3.8, 4) is 0 Å². The summed E-state index contributed by atoms with van der Waals surface area (Å²) in [6.45, 7) is 2.53. The van der Waals surface area contributed by atoms with Crippen LogP contribution >= 0.6 is 27.7 Å². The molecule has 0 aliphatic rings. The van der Waals surface area contributed by atoms with Crippen molar-refractivity contribution in [2.24, 2.45) is 14.1 Å². The van der Waals surface area contributed by atoms with Gasteiger partial charge in [0.15, 0.2) is 11.2 Å². The lowest BCUT2D eigenvalue weighted by atomic mass is 10.2. The van der Waals surface area contributed by atoms with Crippen LogP contribution < -0.4 is 11.2 Å². The van der Waals surface area contributed by atoms with Gasteiger partial charge in [0.25, 0.3) is 5.56 Å². The number of carbonyl (C=O) groups excluding carboxylic acids is 1. The lowest BCUT2D eigenvalue weighted by Crippen LogP contribution is -2.37. The highest BCUT2D eigenvalue weighted by atomic mass is 79.9. The van der Waals surface area contributed by atoms with Crippen LogP contribution in [0, 0.1) is 0 Å². The molecule has 8 nitrogen and oxygen atoms in total. The molecule has 0 saturated carbocycles. The maximum Gasteiger partial charge on any atom is 0.332 e. The minimum absolute atomic E-state index is 0.257. The first-order valence-corrected chi connectivity index (χ1v) is 12.0. The summed E-state index contributed by atoms with van der Waals surface area (Å²) in [5, 5.41) is -0.328. The molecule has 1 unspecified atom stereocenters. The molecule has 0 N–H and O–H groups in total. The monoisotopic (exact) mass is 508 g/mol. The summed E-state index contributed by atoms with van der Waals surface area (Å²) in [7, 11) is 3.07. The number of hydrogen-bond donors (Lipinski definition) is 0. The van der Waals surface area contributed by atoms with Crippen LogP contribution in [0.25, 0.3) is 11.2 Å². The van der Waals surface area contributed by atoms with Crippen molar-refractivity contribution in [3.63, 3.8) is 0 Å². The zero-order chi connectivity index (χ0) is 22.7. The van der Waals surface area contributed by atoms with Gasteiger partial charge >= 0.3 is 11.7 Å². The number of esters is 1. The van der Waals surface area contributed by atoms with Crippen LogP contribution in [0.2, 0.25) is 0 Å². The van der Waals surface area contributed by atoms with Gasteiger partial charge in [0, 0.05) is 31.5 Å². The third-order valence-electron chi connectivity index (χ3n) is 5.12. The van der Waals surface area contributed by atoms with E-state index in [0.717, 1.165) is 14.6 Å². The number of hydrogen-bond acceptors (Lipinski definition) is 6. The molecule has 0 radical (unpaired) electrons. The molecule has 0 spiro atoms. The molecule has 2 aromatic heterocycles. The van der Waals surface area contributed by atoms with E-state index in [2.05, 4.69) is 20.9 Å². The molecule has 0 fully saturated rings. The molecule has 0 aliphatic carbocycles. The van der Waals surface area contributed by atoms with E-state index in [-0.39, 0.29) is 11.2 Å². The molecule has 0 saturated heterocycles. The Morgan fingerprint density at radius 2 is 2.00 bits per heavy atom. The number of aromatic nitrogens is 4. The third-order valence-corrected chi connectivity index (χ3v) is 6.61. The second kappa shape index (κ2) is 9.86. The number of aryl methyl sites for hydroxylation is 2. The molecule has 10 heteroatoms. The number of imidazole rings is 1. The number of fused-ring (bicyclic) bond motifs is 1. The van der Waals surface area contributed by atoms with Crippen molar-refractivity contribution in [1.82, 2.24) is 18.7 Å². The normalized spacial score (nSPS) is 12.3. The van der Waals surface area contributed by atoms with E-state index in [9.17, 15) is 14.4 Å². The zero-order valence-electron chi connectivity index (χ0n) is 17.9. The van der Waals surface area contributed by atoms with Crippen LogP contribution in [-0.4, -0.2) is 42.8 Å². The van der Waals surface area contributed by atoms with Crippen LogP contribution in [0.15, 0.2) is 38.3 Å². The van der Waals surface area contributed by atoms with E-state index in [1.54, 1.807) is 14.0 Å². The average Bonchev–Trinajstić information content (AvgIpc) is 3.09. The SMILES string of the molecule is CCOC(=O)C(CCc1nc2c(c(=O)n(C)c(=O)n2C)n1Cc1cccc(Br)c1)SC. The van der Waals surface area contributed by atoms with Crippen molar-refractivity contribution in [1.29, 1.82) is 0 Å². The van der Waals surface area contributed by atoms with E-state index >= 15 is 0 Å². The third kappa shape index (κ3) is 4.79. The summed E-state index contributed by atoms with van der Waals surface area (Å²) in [5.41, 5.74) is 0.882. The molecule has 0 bridgehead atoms. The maximum absolute atomic E-state index is 13.0. The Hall–Kier alpha value is -2.33. The van der Waals surface area contributed by atoms with Crippen molar-refractivity contribution < 1.29 is 9.53 Å². The van der Waals surface area contributed by atoms with Crippen molar-refractivity contribution in [3.05, 3.63) is 61.0 Å². The highest BCUT2D eigenvalue weighted by Gasteiger charge is 2.23. The Bertz CT molecular complexity index is 1230. The lowest BCUT2D eigenvalue weighted by Gasteiger charge is -2.14. The first-order chi connectivity index (χ1) is 14.8. The Kier molecular flexibility index (Phi) is 7.42. The zero-order valence-corrected chi connectivity index (χ0v) is 20.3. The van der Waals surface area contributed by atoms with Gasteiger partial charge in [0.05, 0.1) is 6.61 Å². The van der Waals surface area contributed by atoms with E-state index < -0.39 is 11.2 Å². The average molecular weight is 509 g/mol. The molecule has 1 aromatic carbocycles. The number of rotatable bonds is 8. The number of halogens is 1. The van der Waals surface area contributed by atoms with E-state index in [0.29, 0.717) is 43.0 Å². The molecular weight excluding hydrogens is 484 g/mol. The molecule has 3 aromatic rings. The molecule has 0 aliphatic heterocycles. The lowest BCUT2D eigenvalue weighted by molar-refractivity contribution is -0.142. The van der Waals surface area contributed by atoms with Crippen molar-refractivity contribution >= 4 is 44.8 Å². The fraction of sp³-hybridized carbons (Fsp3) is 0.429. The van der Waals surface area contributed by atoms with Crippen LogP contribution in [0.4, 0.5) is 0 Å². The van der Waals surface area contributed by atoms with E-state index in [1.165, 1.54) is 23.4 Å². The summed E-state index contributed by atoms with van der Waals surface area (Å²) in [6, 6.07) is 7.81. The molecule has 166 valence electrons. The molecule has 3 rings (SSSR count). The fourth-order valence-electron chi connectivity index (χ4n) is 3.50. The topological polar surface area (TPSA) is 88.1 Å². The molecule has 0 amide bonds.